The fraction of sp³-hybridized carbons (Fsp3) is 0.200. The number of para-hydroxylation sites is 2. The second-order valence-electron chi connectivity index (χ2n) is 7.39. The second-order valence-corrected chi connectivity index (χ2v) is 7.39. The quantitative estimate of drug-likeness (QED) is 0.594. The number of nitrogens with zero attached hydrogens (tertiary/aromatic N) is 1. The summed E-state index contributed by atoms with van der Waals surface area (Å²) in [7, 11) is 0. The number of nitrogens with one attached hydrogen (secondary N) is 2. The van der Waals surface area contributed by atoms with E-state index in [0.717, 1.165) is 18.8 Å². The van der Waals surface area contributed by atoms with Gasteiger partial charge in [-0.25, -0.2) is 0 Å². The second kappa shape index (κ2) is 9.80. The molecule has 0 atom stereocenters. The van der Waals surface area contributed by atoms with Gasteiger partial charge in [0.1, 0.15) is 5.75 Å². The summed E-state index contributed by atoms with van der Waals surface area (Å²) in [6.07, 6.45) is 2.45. The van der Waals surface area contributed by atoms with Crippen molar-refractivity contribution < 1.29 is 14.3 Å². The van der Waals surface area contributed by atoms with E-state index in [1.54, 1.807) is 48.5 Å². The van der Waals surface area contributed by atoms with Gasteiger partial charge in [-0.15, -0.1) is 0 Å². The maximum atomic E-state index is 12.4. The Morgan fingerprint density at radius 1 is 0.806 bits per heavy atom. The molecule has 1 heterocycles. The molecule has 31 heavy (non-hydrogen) atoms. The summed E-state index contributed by atoms with van der Waals surface area (Å²) in [4.78, 5) is 27.1. The van der Waals surface area contributed by atoms with Crippen LogP contribution in [0.5, 0.6) is 5.75 Å². The third-order valence-electron chi connectivity index (χ3n) is 5.15. The van der Waals surface area contributed by atoms with Crippen LogP contribution in [0.1, 0.15) is 23.2 Å². The summed E-state index contributed by atoms with van der Waals surface area (Å²) in [5.41, 5.74) is 2.96. The van der Waals surface area contributed by atoms with Gasteiger partial charge in [0.05, 0.1) is 5.69 Å². The first kappa shape index (κ1) is 20.5. The Bertz CT molecular complexity index is 1030. The molecule has 6 heteroatoms. The maximum absolute atomic E-state index is 12.4. The molecule has 0 spiro atoms. The molecule has 6 nitrogen and oxygen atoms in total. The highest BCUT2D eigenvalue weighted by molar-refractivity contribution is 6.05. The Hall–Kier alpha value is -3.80. The molecule has 4 rings (SSSR count). The Balaban J connectivity index is 1.32. The molecule has 3 aromatic carbocycles. The van der Waals surface area contributed by atoms with Gasteiger partial charge in [0.2, 0.25) is 0 Å². The van der Waals surface area contributed by atoms with Crippen LogP contribution in [0, 0.1) is 0 Å². The van der Waals surface area contributed by atoms with E-state index >= 15 is 0 Å². The van der Waals surface area contributed by atoms with Crippen molar-refractivity contribution in [3.8, 4) is 5.75 Å². The zero-order valence-corrected chi connectivity index (χ0v) is 17.2. The molecule has 1 saturated heterocycles. The lowest BCUT2D eigenvalue weighted by atomic mass is 10.2. The zero-order valence-electron chi connectivity index (χ0n) is 17.2. The minimum atomic E-state index is -0.266. The average molecular weight is 415 g/mol. The summed E-state index contributed by atoms with van der Waals surface area (Å²) in [6.45, 7) is 2.01. The molecule has 1 fully saturated rings. The van der Waals surface area contributed by atoms with Crippen molar-refractivity contribution in [1.29, 1.82) is 0 Å². The summed E-state index contributed by atoms with van der Waals surface area (Å²) in [5, 5.41) is 5.68. The van der Waals surface area contributed by atoms with E-state index in [4.69, 9.17) is 4.74 Å². The van der Waals surface area contributed by atoms with Crippen molar-refractivity contribution in [2.45, 2.75) is 12.8 Å². The number of carbonyl (C=O) groups excluding carboxylic acids is 2. The van der Waals surface area contributed by atoms with Crippen LogP contribution in [0.4, 0.5) is 17.1 Å². The minimum absolute atomic E-state index is 0.161. The lowest BCUT2D eigenvalue weighted by Crippen LogP contribution is -2.21. The predicted octanol–water partition coefficient (Wildman–Crippen LogP) is 4.56. The van der Waals surface area contributed by atoms with Crippen molar-refractivity contribution in [3.05, 3.63) is 84.4 Å². The predicted molar refractivity (Wildman–Crippen MR) is 123 cm³/mol. The fourth-order valence-electron chi connectivity index (χ4n) is 3.55. The number of anilines is 3. The summed E-state index contributed by atoms with van der Waals surface area (Å²) < 4.78 is 5.68. The van der Waals surface area contributed by atoms with Crippen LogP contribution in [0.2, 0.25) is 0 Å². The molecule has 0 radical (unpaired) electrons. The standard InChI is InChI=1S/C25H25N3O3/c29-24(26-20-12-14-21(15-13-20)28-16-6-7-17-28)18-31-23-11-5-4-10-22(23)27-25(30)19-8-2-1-3-9-19/h1-5,8-15H,6-7,16-18H2,(H,26,29)(H,27,30). The lowest BCUT2D eigenvalue weighted by Gasteiger charge is -2.18. The Morgan fingerprint density at radius 2 is 1.48 bits per heavy atom. The molecular formula is C25H25N3O3. The van der Waals surface area contributed by atoms with E-state index in [0.29, 0.717) is 17.0 Å². The first-order valence-electron chi connectivity index (χ1n) is 10.4. The number of rotatable bonds is 7. The van der Waals surface area contributed by atoms with Crippen molar-refractivity contribution in [2.24, 2.45) is 0 Å². The Kier molecular flexibility index (Phi) is 6.47. The van der Waals surface area contributed by atoms with E-state index in [1.165, 1.54) is 18.5 Å². The normalized spacial score (nSPS) is 13.0. The minimum Gasteiger partial charge on any atom is -0.482 e. The van der Waals surface area contributed by atoms with Gasteiger partial charge in [-0.2, -0.15) is 0 Å². The zero-order chi connectivity index (χ0) is 21.5. The van der Waals surface area contributed by atoms with Gasteiger partial charge in [0, 0.05) is 30.0 Å². The highest BCUT2D eigenvalue weighted by atomic mass is 16.5. The molecule has 0 unspecified atom stereocenters. The molecule has 0 saturated carbocycles. The van der Waals surface area contributed by atoms with Gasteiger partial charge in [0.15, 0.2) is 6.61 Å². The van der Waals surface area contributed by atoms with Crippen LogP contribution < -0.4 is 20.3 Å². The Morgan fingerprint density at radius 3 is 2.23 bits per heavy atom. The molecule has 0 aliphatic carbocycles. The smallest absolute Gasteiger partial charge is 0.262 e. The molecule has 2 N–H and O–H groups in total. The van der Waals surface area contributed by atoms with E-state index in [2.05, 4.69) is 15.5 Å². The number of hydrogen-bond donors (Lipinski definition) is 2. The monoisotopic (exact) mass is 415 g/mol. The molecule has 2 amide bonds. The largest absolute Gasteiger partial charge is 0.482 e. The topological polar surface area (TPSA) is 70.7 Å². The summed E-state index contributed by atoms with van der Waals surface area (Å²) in [6, 6.07) is 23.8. The molecular weight excluding hydrogens is 390 g/mol. The highest BCUT2D eigenvalue weighted by Gasteiger charge is 2.13. The van der Waals surface area contributed by atoms with Gasteiger partial charge in [-0.3, -0.25) is 9.59 Å². The van der Waals surface area contributed by atoms with Crippen LogP contribution in [-0.4, -0.2) is 31.5 Å². The fourth-order valence-corrected chi connectivity index (χ4v) is 3.55. The molecule has 0 aromatic heterocycles. The lowest BCUT2D eigenvalue weighted by molar-refractivity contribution is -0.118. The van der Waals surface area contributed by atoms with Crippen molar-refractivity contribution in [2.75, 3.05) is 35.2 Å². The number of ether oxygens (including phenoxy) is 1. The van der Waals surface area contributed by atoms with Crippen LogP contribution >= 0.6 is 0 Å². The highest BCUT2D eigenvalue weighted by Crippen LogP contribution is 2.25. The van der Waals surface area contributed by atoms with Crippen molar-refractivity contribution in [1.82, 2.24) is 0 Å². The van der Waals surface area contributed by atoms with E-state index in [1.807, 2.05) is 30.3 Å². The van der Waals surface area contributed by atoms with Crippen molar-refractivity contribution >= 4 is 28.9 Å². The van der Waals surface area contributed by atoms with E-state index < -0.39 is 0 Å². The SMILES string of the molecule is O=C(COc1ccccc1NC(=O)c1ccccc1)Nc1ccc(N2CCCC2)cc1. The van der Waals surface area contributed by atoms with Gasteiger partial charge in [0.25, 0.3) is 11.8 Å². The maximum Gasteiger partial charge on any atom is 0.262 e. The van der Waals surface area contributed by atoms with Gasteiger partial charge in [-0.1, -0.05) is 30.3 Å². The average Bonchev–Trinajstić information content (AvgIpc) is 3.34. The number of amides is 2. The molecule has 158 valence electrons. The molecule has 0 bridgehead atoms. The number of carbonyl (C=O) groups is 2. The molecule has 1 aliphatic rings. The van der Waals surface area contributed by atoms with Crippen LogP contribution in [-0.2, 0) is 4.79 Å². The van der Waals surface area contributed by atoms with Crippen LogP contribution in [0.15, 0.2) is 78.9 Å². The third-order valence-corrected chi connectivity index (χ3v) is 5.15. The summed E-state index contributed by atoms with van der Waals surface area (Å²) >= 11 is 0. The van der Waals surface area contributed by atoms with Gasteiger partial charge in [-0.05, 0) is 61.4 Å². The molecule has 1 aliphatic heterocycles. The van der Waals surface area contributed by atoms with E-state index in [-0.39, 0.29) is 18.4 Å². The van der Waals surface area contributed by atoms with Crippen LogP contribution in [0.3, 0.4) is 0 Å². The van der Waals surface area contributed by atoms with Gasteiger partial charge < -0.3 is 20.3 Å². The molecule has 3 aromatic rings. The summed E-state index contributed by atoms with van der Waals surface area (Å²) in [5.74, 6) is -0.0661. The first-order chi connectivity index (χ1) is 15.2. The van der Waals surface area contributed by atoms with Crippen LogP contribution in [0.25, 0.3) is 0 Å². The Labute approximate surface area is 181 Å². The van der Waals surface area contributed by atoms with Gasteiger partial charge >= 0.3 is 0 Å². The third kappa shape index (κ3) is 5.42. The number of hydrogen-bond acceptors (Lipinski definition) is 4. The van der Waals surface area contributed by atoms with E-state index in [9.17, 15) is 9.59 Å². The first-order valence-corrected chi connectivity index (χ1v) is 10.4. The van der Waals surface area contributed by atoms with Crippen molar-refractivity contribution in [3.63, 3.8) is 0 Å². The number of benzene rings is 3.